The van der Waals surface area contributed by atoms with Gasteiger partial charge in [-0.3, -0.25) is 0 Å². The molecule has 8 nitrogen and oxygen atoms in total. The summed E-state index contributed by atoms with van der Waals surface area (Å²) in [6.07, 6.45) is -0.631. The van der Waals surface area contributed by atoms with Gasteiger partial charge in [0.05, 0.1) is 26.9 Å². The first kappa shape index (κ1) is 23.7. The second-order valence-corrected chi connectivity index (χ2v) is 9.08. The highest BCUT2D eigenvalue weighted by molar-refractivity contribution is 7.98. The lowest BCUT2D eigenvalue weighted by Crippen LogP contribution is -2.18. The minimum Gasteiger partial charge on any atom is -0.493 e. The van der Waals surface area contributed by atoms with E-state index in [2.05, 4.69) is 46.7 Å². The molecule has 36 heavy (non-hydrogen) atoms. The number of thioether (sulfide) groups is 1. The van der Waals surface area contributed by atoms with Crippen LogP contribution in [-0.4, -0.2) is 36.5 Å². The third kappa shape index (κ3) is 4.61. The molecular formula is C27H26N4O4S. The van der Waals surface area contributed by atoms with Gasteiger partial charge in [-0.15, -0.1) is 10.2 Å². The van der Waals surface area contributed by atoms with Crippen LogP contribution >= 0.6 is 11.8 Å². The van der Waals surface area contributed by atoms with E-state index in [0.717, 1.165) is 22.6 Å². The van der Waals surface area contributed by atoms with Crippen LogP contribution < -0.4 is 24.3 Å². The fourth-order valence-corrected chi connectivity index (χ4v) is 4.75. The zero-order valence-electron chi connectivity index (χ0n) is 20.4. The van der Waals surface area contributed by atoms with E-state index in [0.29, 0.717) is 34.0 Å². The molecule has 4 aromatic rings. The number of hydrogen-bond acceptors (Lipinski definition) is 9. The number of anilines is 1. The van der Waals surface area contributed by atoms with Gasteiger partial charge in [0.15, 0.2) is 17.2 Å². The summed E-state index contributed by atoms with van der Waals surface area (Å²) < 4.78 is 23.2. The largest absolute Gasteiger partial charge is 0.493 e. The van der Waals surface area contributed by atoms with Crippen molar-refractivity contribution in [1.29, 1.82) is 0 Å². The Morgan fingerprint density at radius 2 is 1.67 bits per heavy atom. The van der Waals surface area contributed by atoms with Crippen LogP contribution in [0.3, 0.4) is 0 Å². The average molecular weight is 503 g/mol. The minimum absolute atomic E-state index is 0.385. The second kappa shape index (κ2) is 10.3. The van der Waals surface area contributed by atoms with E-state index in [1.807, 2.05) is 36.4 Å². The fraction of sp³-hybridized carbons (Fsp3) is 0.222. The van der Waals surface area contributed by atoms with Crippen molar-refractivity contribution in [3.8, 4) is 34.4 Å². The molecule has 1 unspecified atom stereocenters. The van der Waals surface area contributed by atoms with Gasteiger partial charge in [0.25, 0.3) is 0 Å². The Morgan fingerprint density at radius 1 is 0.889 bits per heavy atom. The van der Waals surface area contributed by atoms with Crippen LogP contribution in [0.15, 0.2) is 65.8 Å². The van der Waals surface area contributed by atoms with Crippen molar-refractivity contribution < 1.29 is 18.9 Å². The van der Waals surface area contributed by atoms with Gasteiger partial charge in [-0.05, 0) is 30.7 Å². The normalized spacial score (nSPS) is 13.9. The first-order valence-corrected chi connectivity index (χ1v) is 12.3. The highest BCUT2D eigenvalue weighted by atomic mass is 32.2. The number of aromatic nitrogens is 3. The lowest BCUT2D eigenvalue weighted by Gasteiger charge is -2.23. The number of rotatable bonds is 7. The highest BCUT2D eigenvalue weighted by Crippen LogP contribution is 2.46. The fourth-order valence-electron chi connectivity index (χ4n) is 4.01. The first-order chi connectivity index (χ1) is 17.6. The lowest BCUT2D eigenvalue weighted by atomic mass is 10.1. The molecule has 0 aliphatic carbocycles. The lowest BCUT2D eigenvalue weighted by molar-refractivity contribution is 0.217. The van der Waals surface area contributed by atoms with E-state index in [-0.39, 0.29) is 0 Å². The summed E-state index contributed by atoms with van der Waals surface area (Å²) in [6.45, 7) is 2.07. The standard InChI is InChI=1S/C27H26N4O4S/c1-16-9-11-17(12-10-16)15-36-27-29-26-22(30-31-27)18-7-5-6-8-20(18)28-25(35-26)19-13-14-21(32-2)24(34-4)23(19)33-3/h5-14,25,28H,15H2,1-4H3. The van der Waals surface area contributed by atoms with Crippen LogP contribution in [0.2, 0.25) is 0 Å². The summed E-state index contributed by atoms with van der Waals surface area (Å²) in [5, 5.41) is 12.9. The van der Waals surface area contributed by atoms with Crippen molar-refractivity contribution in [2.24, 2.45) is 0 Å². The molecule has 0 saturated carbocycles. The molecule has 1 aliphatic heterocycles. The topological polar surface area (TPSA) is 87.6 Å². The van der Waals surface area contributed by atoms with Crippen molar-refractivity contribution in [2.75, 3.05) is 26.6 Å². The summed E-state index contributed by atoms with van der Waals surface area (Å²) in [4.78, 5) is 4.74. The van der Waals surface area contributed by atoms with E-state index in [1.54, 1.807) is 21.3 Å². The van der Waals surface area contributed by atoms with Crippen LogP contribution in [0, 0.1) is 6.92 Å². The maximum Gasteiger partial charge on any atom is 0.247 e. The molecule has 2 heterocycles. The van der Waals surface area contributed by atoms with Gasteiger partial charge in [0.2, 0.25) is 23.0 Å². The Morgan fingerprint density at radius 3 is 2.42 bits per heavy atom. The molecule has 3 aromatic carbocycles. The maximum atomic E-state index is 6.43. The van der Waals surface area contributed by atoms with Crippen LogP contribution in [0.1, 0.15) is 22.9 Å². The van der Waals surface area contributed by atoms with Crippen molar-refractivity contribution >= 4 is 17.4 Å². The number of fused-ring (bicyclic) bond motifs is 3. The Hall–Kier alpha value is -3.98. The molecule has 0 bridgehead atoms. The van der Waals surface area contributed by atoms with Crippen LogP contribution in [-0.2, 0) is 5.75 Å². The predicted octanol–water partition coefficient (Wildman–Crippen LogP) is 5.67. The number of benzene rings is 3. The first-order valence-electron chi connectivity index (χ1n) is 11.4. The van der Waals surface area contributed by atoms with Gasteiger partial charge in [-0.25, -0.2) is 0 Å². The van der Waals surface area contributed by atoms with E-state index < -0.39 is 6.23 Å². The van der Waals surface area contributed by atoms with Gasteiger partial charge in [0.1, 0.15) is 0 Å². The molecule has 1 atom stereocenters. The summed E-state index contributed by atoms with van der Waals surface area (Å²) in [5.74, 6) is 2.66. The van der Waals surface area contributed by atoms with Gasteiger partial charge in [0, 0.05) is 17.0 Å². The number of nitrogens with zero attached hydrogens (tertiary/aromatic N) is 3. The van der Waals surface area contributed by atoms with Crippen molar-refractivity contribution in [1.82, 2.24) is 15.2 Å². The number of aryl methyl sites for hydroxylation is 1. The summed E-state index contributed by atoms with van der Waals surface area (Å²) in [5.41, 5.74) is 5.40. The minimum atomic E-state index is -0.631. The van der Waals surface area contributed by atoms with Crippen molar-refractivity contribution in [3.05, 3.63) is 77.4 Å². The molecule has 9 heteroatoms. The number of para-hydroxylation sites is 1. The number of ether oxygens (including phenoxy) is 4. The van der Waals surface area contributed by atoms with Gasteiger partial charge in [-0.1, -0.05) is 59.8 Å². The Bertz CT molecular complexity index is 1380. The monoisotopic (exact) mass is 502 g/mol. The molecular weight excluding hydrogens is 476 g/mol. The molecule has 5 rings (SSSR count). The Kier molecular flexibility index (Phi) is 6.81. The van der Waals surface area contributed by atoms with Crippen LogP contribution in [0.4, 0.5) is 5.69 Å². The van der Waals surface area contributed by atoms with E-state index in [9.17, 15) is 0 Å². The number of nitrogens with one attached hydrogen (secondary N) is 1. The van der Waals surface area contributed by atoms with E-state index >= 15 is 0 Å². The van der Waals surface area contributed by atoms with Gasteiger partial charge < -0.3 is 24.3 Å². The van der Waals surface area contributed by atoms with Crippen molar-refractivity contribution in [2.45, 2.75) is 24.1 Å². The van der Waals surface area contributed by atoms with E-state index in [4.69, 9.17) is 23.9 Å². The van der Waals surface area contributed by atoms with Gasteiger partial charge >= 0.3 is 0 Å². The summed E-state index contributed by atoms with van der Waals surface area (Å²) >= 11 is 1.51. The average Bonchev–Trinajstić information content (AvgIpc) is 3.08. The summed E-state index contributed by atoms with van der Waals surface area (Å²) in [7, 11) is 4.75. The van der Waals surface area contributed by atoms with Crippen LogP contribution in [0.5, 0.6) is 23.1 Å². The molecule has 0 spiro atoms. The summed E-state index contributed by atoms with van der Waals surface area (Å²) in [6, 6.07) is 19.9. The molecule has 0 fully saturated rings. The smallest absolute Gasteiger partial charge is 0.247 e. The number of methoxy groups -OCH3 is 3. The maximum absolute atomic E-state index is 6.43. The molecule has 184 valence electrons. The predicted molar refractivity (Wildman–Crippen MR) is 139 cm³/mol. The Balaban J connectivity index is 1.53. The molecule has 0 saturated heterocycles. The van der Waals surface area contributed by atoms with Crippen LogP contribution in [0.25, 0.3) is 11.3 Å². The molecule has 0 radical (unpaired) electrons. The quantitative estimate of drug-likeness (QED) is 0.321. The third-order valence-corrected chi connectivity index (χ3v) is 6.75. The third-order valence-electron chi connectivity index (χ3n) is 5.84. The van der Waals surface area contributed by atoms with E-state index in [1.165, 1.54) is 22.9 Å². The molecule has 1 aromatic heterocycles. The van der Waals surface area contributed by atoms with Crippen molar-refractivity contribution in [3.63, 3.8) is 0 Å². The van der Waals surface area contributed by atoms with Gasteiger partial charge in [-0.2, -0.15) is 4.98 Å². The highest BCUT2D eigenvalue weighted by Gasteiger charge is 2.30. The zero-order chi connectivity index (χ0) is 25.1. The number of hydrogen-bond donors (Lipinski definition) is 1. The Labute approximate surface area is 214 Å². The second-order valence-electron chi connectivity index (χ2n) is 8.13. The zero-order valence-corrected chi connectivity index (χ0v) is 21.3. The SMILES string of the molecule is COc1ccc(C2Nc3ccccc3-c3nnc(SCc4ccc(C)cc4)nc3O2)c(OC)c1OC. The molecule has 1 N–H and O–H groups in total. The molecule has 0 amide bonds. The molecule has 1 aliphatic rings.